The number of aliphatic carboxylic acids is 1. The van der Waals surface area contributed by atoms with Crippen molar-refractivity contribution in [1.82, 2.24) is 9.88 Å². The topological polar surface area (TPSA) is 87.6 Å². The highest BCUT2D eigenvalue weighted by molar-refractivity contribution is 6.20. The van der Waals surface area contributed by atoms with E-state index in [0.717, 1.165) is 4.90 Å². The lowest BCUT2D eigenvalue weighted by atomic mass is 9.98. The lowest BCUT2D eigenvalue weighted by molar-refractivity contribution is -0.139. The minimum absolute atomic E-state index is 0.0842. The Morgan fingerprint density at radius 2 is 2.06 bits per heavy atom. The molecular formula is C12H12N2O4. The number of carbonyl (C=O) groups excluding carboxylic acids is 2. The molecule has 6 nitrogen and oxygen atoms in total. The van der Waals surface area contributed by atoms with Crippen molar-refractivity contribution >= 4 is 17.8 Å². The van der Waals surface area contributed by atoms with E-state index in [9.17, 15) is 14.4 Å². The van der Waals surface area contributed by atoms with Crippen molar-refractivity contribution < 1.29 is 19.5 Å². The highest BCUT2D eigenvalue weighted by Gasteiger charge is 2.45. The lowest BCUT2D eigenvalue weighted by Crippen LogP contribution is -2.48. The number of carboxylic acids is 1. The molecule has 1 aromatic rings. The van der Waals surface area contributed by atoms with Crippen LogP contribution in [0.25, 0.3) is 0 Å². The predicted molar refractivity (Wildman–Crippen MR) is 61.1 cm³/mol. The number of hydrogen-bond donors (Lipinski definition) is 1. The lowest BCUT2D eigenvalue weighted by Gasteiger charge is -2.32. The number of amides is 2. The van der Waals surface area contributed by atoms with Gasteiger partial charge in [0.1, 0.15) is 5.69 Å². The first-order valence-electron chi connectivity index (χ1n) is 5.40. The van der Waals surface area contributed by atoms with E-state index in [4.69, 9.17) is 5.11 Å². The van der Waals surface area contributed by atoms with Gasteiger partial charge in [0.15, 0.2) is 0 Å². The van der Waals surface area contributed by atoms with Crippen molar-refractivity contribution in [2.24, 2.45) is 0 Å². The van der Waals surface area contributed by atoms with Crippen LogP contribution in [0.5, 0.6) is 0 Å². The Morgan fingerprint density at radius 1 is 1.39 bits per heavy atom. The van der Waals surface area contributed by atoms with Gasteiger partial charge in [-0.05, 0) is 26.0 Å². The predicted octanol–water partition coefficient (Wildman–Crippen LogP) is 0.931. The summed E-state index contributed by atoms with van der Waals surface area (Å²) in [5.74, 6) is -2.10. The molecule has 0 unspecified atom stereocenters. The van der Waals surface area contributed by atoms with E-state index in [1.54, 1.807) is 19.9 Å². The molecule has 1 aliphatic rings. The van der Waals surface area contributed by atoms with Crippen LogP contribution in [-0.2, 0) is 4.79 Å². The molecule has 94 valence electrons. The van der Waals surface area contributed by atoms with E-state index < -0.39 is 23.3 Å². The van der Waals surface area contributed by atoms with Gasteiger partial charge >= 0.3 is 5.97 Å². The summed E-state index contributed by atoms with van der Waals surface area (Å²) in [6, 6.07) is 3.08. The minimum atomic E-state index is -1.08. The molecule has 0 fully saturated rings. The number of imide groups is 1. The molecule has 0 saturated carbocycles. The van der Waals surface area contributed by atoms with Crippen molar-refractivity contribution in [1.29, 1.82) is 0 Å². The molecule has 0 spiro atoms. The van der Waals surface area contributed by atoms with Gasteiger partial charge in [0.05, 0.1) is 17.5 Å². The van der Waals surface area contributed by atoms with Gasteiger partial charge in [-0.1, -0.05) is 0 Å². The first-order valence-corrected chi connectivity index (χ1v) is 5.40. The molecule has 18 heavy (non-hydrogen) atoms. The average Bonchev–Trinajstić information content (AvgIpc) is 2.51. The van der Waals surface area contributed by atoms with Crippen molar-refractivity contribution in [2.75, 3.05) is 0 Å². The van der Waals surface area contributed by atoms with Crippen LogP contribution >= 0.6 is 0 Å². The molecule has 0 radical (unpaired) electrons. The van der Waals surface area contributed by atoms with Gasteiger partial charge in [-0.2, -0.15) is 0 Å². The number of hydrogen-bond acceptors (Lipinski definition) is 4. The minimum Gasteiger partial charge on any atom is -0.481 e. The maximum atomic E-state index is 12.1. The second-order valence-corrected chi connectivity index (χ2v) is 4.73. The fourth-order valence-electron chi connectivity index (χ4n) is 2.07. The molecule has 0 saturated heterocycles. The molecule has 2 heterocycles. The van der Waals surface area contributed by atoms with Gasteiger partial charge in [-0.3, -0.25) is 24.3 Å². The van der Waals surface area contributed by atoms with Gasteiger partial charge in [-0.25, -0.2) is 0 Å². The molecule has 2 amide bonds. The van der Waals surface area contributed by atoms with Crippen molar-refractivity contribution in [2.45, 2.75) is 25.8 Å². The van der Waals surface area contributed by atoms with E-state index >= 15 is 0 Å². The van der Waals surface area contributed by atoms with Crippen molar-refractivity contribution in [3.05, 3.63) is 29.6 Å². The summed E-state index contributed by atoms with van der Waals surface area (Å²) < 4.78 is 0. The second kappa shape index (κ2) is 3.90. The maximum Gasteiger partial charge on any atom is 0.305 e. The Labute approximate surface area is 103 Å². The van der Waals surface area contributed by atoms with Crippen LogP contribution in [-0.4, -0.2) is 38.3 Å². The van der Waals surface area contributed by atoms with E-state index in [2.05, 4.69) is 4.98 Å². The number of aromatic nitrogens is 1. The number of rotatable bonds is 3. The summed E-state index contributed by atoms with van der Waals surface area (Å²) in [5.41, 5.74) is -0.775. The molecule has 2 rings (SSSR count). The molecule has 0 aliphatic carbocycles. The normalized spacial score (nSPS) is 14.9. The average molecular weight is 248 g/mol. The van der Waals surface area contributed by atoms with Crippen LogP contribution in [0.2, 0.25) is 0 Å². The smallest absolute Gasteiger partial charge is 0.305 e. The Bertz CT molecular complexity index is 516. The fourth-order valence-corrected chi connectivity index (χ4v) is 2.07. The number of fused-ring (bicyclic) bond motifs is 1. The summed E-state index contributed by atoms with van der Waals surface area (Å²) >= 11 is 0. The van der Waals surface area contributed by atoms with Gasteiger partial charge in [0, 0.05) is 6.20 Å². The van der Waals surface area contributed by atoms with Crippen molar-refractivity contribution in [3.8, 4) is 0 Å². The van der Waals surface area contributed by atoms with Crippen LogP contribution in [0.1, 0.15) is 41.1 Å². The van der Waals surface area contributed by atoms with Crippen LogP contribution < -0.4 is 0 Å². The third-order valence-electron chi connectivity index (χ3n) is 2.84. The molecule has 0 bridgehead atoms. The van der Waals surface area contributed by atoms with E-state index in [-0.39, 0.29) is 17.7 Å². The standard InChI is InChI=1S/C12H12N2O4/c1-12(2,6-8(15)16)14-10(17)7-4-3-5-13-9(7)11(14)18/h3-5H,6H2,1-2H3,(H,15,16). The second-order valence-electron chi connectivity index (χ2n) is 4.73. The molecule has 1 N–H and O–H groups in total. The highest BCUT2D eigenvalue weighted by Crippen LogP contribution is 2.29. The van der Waals surface area contributed by atoms with Gasteiger partial charge in [0.25, 0.3) is 11.8 Å². The van der Waals surface area contributed by atoms with Gasteiger partial charge < -0.3 is 5.11 Å². The van der Waals surface area contributed by atoms with E-state index in [1.807, 2.05) is 0 Å². The van der Waals surface area contributed by atoms with E-state index in [0.29, 0.717) is 0 Å². The van der Waals surface area contributed by atoms with Crippen LogP contribution in [0.15, 0.2) is 18.3 Å². The Balaban J connectivity index is 2.42. The molecule has 1 aliphatic heterocycles. The van der Waals surface area contributed by atoms with Crippen LogP contribution in [0.3, 0.4) is 0 Å². The summed E-state index contributed by atoms with van der Waals surface area (Å²) in [6.45, 7) is 3.09. The number of carboxylic acid groups (broad SMARTS) is 1. The molecule has 0 aromatic carbocycles. The van der Waals surface area contributed by atoms with Crippen LogP contribution in [0.4, 0.5) is 0 Å². The summed E-state index contributed by atoms with van der Waals surface area (Å²) in [6.07, 6.45) is 1.12. The van der Waals surface area contributed by atoms with E-state index in [1.165, 1.54) is 12.3 Å². The zero-order valence-electron chi connectivity index (χ0n) is 10.0. The summed E-state index contributed by atoms with van der Waals surface area (Å²) in [5, 5.41) is 8.83. The number of pyridine rings is 1. The third kappa shape index (κ3) is 1.75. The quantitative estimate of drug-likeness (QED) is 0.804. The number of nitrogens with zero attached hydrogens (tertiary/aromatic N) is 2. The zero-order valence-corrected chi connectivity index (χ0v) is 10.0. The largest absolute Gasteiger partial charge is 0.481 e. The van der Waals surface area contributed by atoms with Gasteiger partial charge in [0.2, 0.25) is 0 Å². The Hall–Kier alpha value is -2.24. The Kier molecular flexibility index (Phi) is 2.65. The van der Waals surface area contributed by atoms with Crippen molar-refractivity contribution in [3.63, 3.8) is 0 Å². The first kappa shape index (κ1) is 12.2. The Morgan fingerprint density at radius 3 is 2.61 bits per heavy atom. The number of carbonyl (C=O) groups is 3. The molecule has 6 heteroatoms. The maximum absolute atomic E-state index is 12.1. The molecule has 0 atom stereocenters. The fraction of sp³-hybridized carbons (Fsp3) is 0.333. The summed E-state index contributed by atoms with van der Waals surface area (Å²) in [7, 11) is 0. The first-order chi connectivity index (χ1) is 8.34. The third-order valence-corrected chi connectivity index (χ3v) is 2.84. The monoisotopic (exact) mass is 248 g/mol. The summed E-state index contributed by atoms with van der Waals surface area (Å²) in [4.78, 5) is 39.8. The molecular weight excluding hydrogens is 236 g/mol. The molecule has 1 aromatic heterocycles. The zero-order chi connectivity index (χ0) is 13.5. The van der Waals surface area contributed by atoms with Crippen LogP contribution in [0, 0.1) is 0 Å². The van der Waals surface area contributed by atoms with Gasteiger partial charge in [-0.15, -0.1) is 0 Å². The highest BCUT2D eigenvalue weighted by atomic mass is 16.4. The SMILES string of the molecule is CC(C)(CC(=O)O)N1C(=O)c2cccnc2C1=O.